The molecular formula is C15H22. The van der Waals surface area contributed by atoms with Gasteiger partial charge in [-0.1, -0.05) is 51.1 Å². The summed E-state index contributed by atoms with van der Waals surface area (Å²) in [6.07, 6.45) is 5.47. The maximum absolute atomic E-state index is 2.29. The first-order valence-corrected chi connectivity index (χ1v) is 5.65. The molecule has 0 saturated carbocycles. The van der Waals surface area contributed by atoms with Gasteiger partial charge in [0.25, 0.3) is 0 Å². The quantitative estimate of drug-likeness (QED) is 0.656. The Morgan fingerprint density at radius 1 is 1.20 bits per heavy atom. The smallest absolute Gasteiger partial charge is 0.0198 e. The van der Waals surface area contributed by atoms with Crippen LogP contribution in [0.25, 0.3) is 6.08 Å². The van der Waals surface area contributed by atoms with Gasteiger partial charge >= 0.3 is 0 Å². The van der Waals surface area contributed by atoms with Crippen molar-refractivity contribution >= 4 is 6.08 Å². The van der Waals surface area contributed by atoms with E-state index in [0.29, 0.717) is 5.41 Å². The molecule has 15 heavy (non-hydrogen) atoms. The lowest BCUT2D eigenvalue weighted by Crippen LogP contribution is -2.10. The topological polar surface area (TPSA) is 0 Å². The van der Waals surface area contributed by atoms with E-state index < -0.39 is 0 Å². The Balaban J connectivity index is 3.11. The molecule has 0 atom stereocenters. The van der Waals surface area contributed by atoms with E-state index in [0.717, 1.165) is 6.42 Å². The molecule has 1 rings (SSSR count). The third-order valence-corrected chi connectivity index (χ3v) is 2.47. The molecule has 1 aromatic carbocycles. The van der Waals surface area contributed by atoms with E-state index in [-0.39, 0.29) is 0 Å². The molecule has 0 aliphatic heterocycles. The van der Waals surface area contributed by atoms with E-state index in [4.69, 9.17) is 0 Å². The number of aryl methyl sites for hydroxylation is 1. The fourth-order valence-corrected chi connectivity index (χ4v) is 1.87. The lowest BCUT2D eigenvalue weighted by atomic mass is 9.85. The molecule has 0 nitrogen and oxygen atoms in total. The van der Waals surface area contributed by atoms with Gasteiger partial charge < -0.3 is 0 Å². The van der Waals surface area contributed by atoms with Gasteiger partial charge in [-0.15, -0.1) is 0 Å². The Labute approximate surface area is 94.0 Å². The predicted octanol–water partition coefficient (Wildman–Crippen LogP) is 4.62. The van der Waals surface area contributed by atoms with Crippen LogP contribution in [0.2, 0.25) is 0 Å². The minimum absolute atomic E-state index is 0.351. The molecule has 0 aliphatic carbocycles. The number of hydrogen-bond donors (Lipinski definition) is 0. The van der Waals surface area contributed by atoms with Gasteiger partial charge in [-0.25, -0.2) is 0 Å². The van der Waals surface area contributed by atoms with Crippen LogP contribution in [0.15, 0.2) is 24.3 Å². The summed E-state index contributed by atoms with van der Waals surface area (Å²) in [5, 5.41) is 0. The van der Waals surface area contributed by atoms with Gasteiger partial charge in [0.2, 0.25) is 0 Å². The predicted molar refractivity (Wildman–Crippen MR) is 69.0 cm³/mol. The van der Waals surface area contributed by atoms with Crippen molar-refractivity contribution in [2.24, 2.45) is 5.41 Å². The zero-order chi connectivity index (χ0) is 11.5. The normalized spacial score (nSPS) is 12.3. The van der Waals surface area contributed by atoms with Crippen molar-refractivity contribution in [3.63, 3.8) is 0 Å². The number of allylic oxidation sites excluding steroid dienone is 1. The van der Waals surface area contributed by atoms with Crippen LogP contribution in [0.4, 0.5) is 0 Å². The summed E-state index contributed by atoms with van der Waals surface area (Å²) < 4.78 is 0. The summed E-state index contributed by atoms with van der Waals surface area (Å²) >= 11 is 0. The van der Waals surface area contributed by atoms with Gasteiger partial charge in [0.1, 0.15) is 0 Å². The maximum Gasteiger partial charge on any atom is -0.0198 e. The molecular weight excluding hydrogens is 180 g/mol. The molecule has 0 heteroatoms. The highest BCUT2D eigenvalue weighted by Crippen LogP contribution is 2.25. The molecule has 0 aromatic heterocycles. The molecule has 0 fully saturated rings. The van der Waals surface area contributed by atoms with Crippen LogP contribution in [0.3, 0.4) is 0 Å². The second kappa shape index (κ2) is 4.65. The molecule has 0 saturated heterocycles. The first-order chi connectivity index (χ1) is 6.94. The molecule has 82 valence electrons. The average molecular weight is 202 g/mol. The van der Waals surface area contributed by atoms with Crippen LogP contribution in [0, 0.1) is 12.3 Å². The van der Waals surface area contributed by atoms with Crippen molar-refractivity contribution in [2.45, 2.75) is 41.0 Å². The molecule has 0 radical (unpaired) electrons. The van der Waals surface area contributed by atoms with Gasteiger partial charge in [0.05, 0.1) is 0 Å². The number of benzene rings is 1. The molecule has 1 aromatic rings. The summed E-state index contributed by atoms with van der Waals surface area (Å²) in [5.74, 6) is 0. The fourth-order valence-electron chi connectivity index (χ4n) is 1.87. The van der Waals surface area contributed by atoms with Crippen molar-refractivity contribution in [2.75, 3.05) is 0 Å². The largest absolute Gasteiger partial charge is 0.0870 e. The average Bonchev–Trinajstić information content (AvgIpc) is 2.08. The Hall–Kier alpha value is -1.04. The van der Waals surface area contributed by atoms with Crippen molar-refractivity contribution < 1.29 is 0 Å². The van der Waals surface area contributed by atoms with Gasteiger partial charge in [-0.3, -0.25) is 0 Å². The van der Waals surface area contributed by atoms with Gasteiger partial charge in [0, 0.05) is 0 Å². The summed E-state index contributed by atoms with van der Waals surface area (Å²) in [6.45, 7) is 11.1. The van der Waals surface area contributed by atoms with E-state index in [1.807, 2.05) is 0 Å². The van der Waals surface area contributed by atoms with E-state index in [2.05, 4.69) is 65.0 Å². The highest BCUT2D eigenvalue weighted by atomic mass is 14.2. The van der Waals surface area contributed by atoms with Gasteiger partial charge in [0.15, 0.2) is 0 Å². The van der Waals surface area contributed by atoms with Gasteiger partial charge in [-0.05, 0) is 42.4 Å². The highest BCUT2D eigenvalue weighted by molar-refractivity contribution is 5.57. The van der Waals surface area contributed by atoms with Crippen LogP contribution >= 0.6 is 0 Å². The number of hydrogen-bond acceptors (Lipinski definition) is 0. The highest BCUT2D eigenvalue weighted by Gasteiger charge is 2.13. The Morgan fingerprint density at radius 3 is 2.40 bits per heavy atom. The zero-order valence-corrected chi connectivity index (χ0v) is 10.6. The van der Waals surface area contributed by atoms with Crippen molar-refractivity contribution in [3.05, 3.63) is 41.0 Å². The summed E-state index contributed by atoms with van der Waals surface area (Å²) in [4.78, 5) is 0. The Kier molecular flexibility index (Phi) is 3.73. The van der Waals surface area contributed by atoms with Crippen molar-refractivity contribution in [1.29, 1.82) is 0 Å². The van der Waals surface area contributed by atoms with Crippen LogP contribution < -0.4 is 0 Å². The van der Waals surface area contributed by atoms with Crippen LogP contribution in [0.5, 0.6) is 0 Å². The second-order valence-corrected chi connectivity index (χ2v) is 5.39. The van der Waals surface area contributed by atoms with E-state index >= 15 is 0 Å². The third-order valence-electron chi connectivity index (χ3n) is 2.47. The first kappa shape index (κ1) is 12.0. The monoisotopic (exact) mass is 202 g/mol. The van der Waals surface area contributed by atoms with Crippen molar-refractivity contribution in [3.8, 4) is 0 Å². The standard InChI is InChI=1S/C15H22/c1-6-8-14-12(2)9-7-10-13(14)11-15(3,4)5/h6-10H,11H2,1-5H3/b8-6-. The fraction of sp³-hybridized carbons (Fsp3) is 0.467. The van der Waals surface area contributed by atoms with E-state index in [1.54, 1.807) is 0 Å². The molecule has 0 heterocycles. The molecule has 0 bridgehead atoms. The lowest BCUT2D eigenvalue weighted by molar-refractivity contribution is 0.411. The minimum Gasteiger partial charge on any atom is -0.0870 e. The van der Waals surface area contributed by atoms with Gasteiger partial charge in [-0.2, -0.15) is 0 Å². The molecule has 0 N–H and O–H groups in total. The van der Waals surface area contributed by atoms with E-state index in [1.165, 1.54) is 16.7 Å². The first-order valence-electron chi connectivity index (χ1n) is 5.65. The summed E-state index contributed by atoms with van der Waals surface area (Å²) in [5.41, 5.74) is 4.58. The number of rotatable bonds is 2. The van der Waals surface area contributed by atoms with Crippen molar-refractivity contribution in [1.82, 2.24) is 0 Å². The summed E-state index contributed by atoms with van der Waals surface area (Å²) in [7, 11) is 0. The minimum atomic E-state index is 0.351. The zero-order valence-electron chi connectivity index (χ0n) is 10.6. The van der Waals surface area contributed by atoms with Crippen LogP contribution in [0.1, 0.15) is 44.4 Å². The van der Waals surface area contributed by atoms with E-state index in [9.17, 15) is 0 Å². The SMILES string of the molecule is C/C=C\c1c(C)cccc1CC(C)(C)C. The second-order valence-electron chi connectivity index (χ2n) is 5.39. The molecule has 0 spiro atoms. The Bertz CT molecular complexity index is 351. The van der Waals surface area contributed by atoms with Crippen LogP contribution in [-0.4, -0.2) is 0 Å². The maximum atomic E-state index is 2.29. The summed E-state index contributed by atoms with van der Waals surface area (Å²) in [6, 6.07) is 6.58. The molecule has 0 amide bonds. The molecule has 0 aliphatic rings. The Morgan fingerprint density at radius 2 is 1.87 bits per heavy atom. The lowest BCUT2D eigenvalue weighted by Gasteiger charge is -2.20. The third kappa shape index (κ3) is 3.54. The van der Waals surface area contributed by atoms with Crippen LogP contribution in [-0.2, 0) is 6.42 Å². The molecule has 0 unspecified atom stereocenters.